The largest absolute Gasteiger partial charge is 0.493 e. The van der Waals surface area contributed by atoms with Gasteiger partial charge in [0, 0.05) is 44.0 Å². The minimum atomic E-state index is -0.642. The van der Waals surface area contributed by atoms with E-state index in [1.165, 1.54) is 27.4 Å². The lowest BCUT2D eigenvalue weighted by molar-refractivity contribution is -0.386. The highest BCUT2D eigenvalue weighted by Gasteiger charge is 2.35. The van der Waals surface area contributed by atoms with Gasteiger partial charge in [0.1, 0.15) is 17.2 Å². The fourth-order valence-corrected chi connectivity index (χ4v) is 3.65. The van der Waals surface area contributed by atoms with Crippen LogP contribution in [0.4, 0.5) is 11.5 Å². The van der Waals surface area contributed by atoms with Crippen molar-refractivity contribution in [3.63, 3.8) is 0 Å². The summed E-state index contributed by atoms with van der Waals surface area (Å²) in [6.45, 7) is 5.59. The Morgan fingerprint density at radius 3 is 2.16 bits per heavy atom. The lowest BCUT2D eigenvalue weighted by Crippen LogP contribution is -2.49. The minimum Gasteiger partial charge on any atom is -0.493 e. The standard InChI is InChI=1S/C20H25N5O6/c1-12-10-16(22-13(2)21-12)23-6-8-24(9-7-23)20(26)14-11-15(29-3)18(30-4)19(31-5)17(14)25(27)28/h10-11H,6-9H2,1-5H3. The Kier molecular flexibility index (Phi) is 6.42. The number of methoxy groups -OCH3 is 3. The third-order valence-electron chi connectivity index (χ3n) is 5.06. The Balaban J connectivity index is 1.89. The summed E-state index contributed by atoms with van der Waals surface area (Å²) in [5.41, 5.74) is 0.311. The molecule has 0 spiro atoms. The van der Waals surface area contributed by atoms with E-state index in [1.54, 1.807) is 4.90 Å². The highest BCUT2D eigenvalue weighted by atomic mass is 16.6. The van der Waals surface area contributed by atoms with Crippen LogP contribution in [0.3, 0.4) is 0 Å². The van der Waals surface area contributed by atoms with Gasteiger partial charge in [-0.3, -0.25) is 14.9 Å². The molecule has 0 bridgehead atoms. The van der Waals surface area contributed by atoms with Gasteiger partial charge in [0.2, 0.25) is 11.5 Å². The molecule has 1 aliphatic heterocycles. The molecule has 0 unspecified atom stereocenters. The summed E-state index contributed by atoms with van der Waals surface area (Å²) in [5, 5.41) is 11.8. The third-order valence-corrected chi connectivity index (χ3v) is 5.06. The van der Waals surface area contributed by atoms with Gasteiger partial charge in [-0.05, 0) is 13.8 Å². The van der Waals surface area contributed by atoms with Crippen LogP contribution in [0.25, 0.3) is 0 Å². The van der Waals surface area contributed by atoms with Gasteiger partial charge in [0.15, 0.2) is 5.75 Å². The van der Waals surface area contributed by atoms with Crippen molar-refractivity contribution < 1.29 is 23.9 Å². The maximum absolute atomic E-state index is 13.2. The van der Waals surface area contributed by atoms with Gasteiger partial charge in [-0.1, -0.05) is 0 Å². The SMILES string of the molecule is COc1cc(C(=O)N2CCN(c3cc(C)nc(C)n3)CC2)c([N+](=O)[O-])c(OC)c1OC. The van der Waals surface area contributed by atoms with Crippen LogP contribution in [-0.4, -0.2) is 73.2 Å². The minimum absolute atomic E-state index is 0.0626. The molecule has 0 atom stereocenters. The molecule has 166 valence electrons. The molecule has 1 fully saturated rings. The van der Waals surface area contributed by atoms with Crippen molar-refractivity contribution >= 4 is 17.4 Å². The molecule has 1 aliphatic rings. The molecule has 0 radical (unpaired) electrons. The second-order valence-electron chi connectivity index (χ2n) is 6.99. The highest BCUT2D eigenvalue weighted by molar-refractivity contribution is 6.00. The molecule has 11 heteroatoms. The number of carbonyl (C=O) groups is 1. The first-order valence-electron chi connectivity index (χ1n) is 9.64. The number of rotatable bonds is 6. The molecular weight excluding hydrogens is 406 g/mol. The molecule has 1 aromatic heterocycles. The van der Waals surface area contributed by atoms with Crippen molar-refractivity contribution in [3.8, 4) is 17.2 Å². The van der Waals surface area contributed by atoms with E-state index in [-0.39, 0.29) is 22.8 Å². The first-order valence-corrected chi connectivity index (χ1v) is 9.64. The number of aryl methyl sites for hydroxylation is 2. The summed E-state index contributed by atoms with van der Waals surface area (Å²) < 4.78 is 15.7. The van der Waals surface area contributed by atoms with Crippen molar-refractivity contribution in [3.05, 3.63) is 39.3 Å². The van der Waals surface area contributed by atoms with Crippen LogP contribution in [0, 0.1) is 24.0 Å². The Morgan fingerprint density at radius 2 is 1.65 bits per heavy atom. The maximum Gasteiger partial charge on any atom is 0.327 e. The highest BCUT2D eigenvalue weighted by Crippen LogP contribution is 2.46. The van der Waals surface area contributed by atoms with Crippen molar-refractivity contribution in [2.24, 2.45) is 0 Å². The molecule has 2 aromatic rings. The van der Waals surface area contributed by atoms with Crippen LogP contribution in [0.1, 0.15) is 21.9 Å². The maximum atomic E-state index is 13.2. The lowest BCUT2D eigenvalue weighted by atomic mass is 10.1. The van der Waals surface area contributed by atoms with Crippen molar-refractivity contribution in [2.75, 3.05) is 52.4 Å². The zero-order valence-electron chi connectivity index (χ0n) is 18.2. The van der Waals surface area contributed by atoms with E-state index in [2.05, 4.69) is 14.9 Å². The van der Waals surface area contributed by atoms with Crippen LogP contribution < -0.4 is 19.1 Å². The first kappa shape index (κ1) is 22.1. The van der Waals surface area contributed by atoms with Crippen LogP contribution >= 0.6 is 0 Å². The van der Waals surface area contributed by atoms with Gasteiger partial charge in [-0.2, -0.15) is 0 Å². The Labute approximate surface area is 179 Å². The van der Waals surface area contributed by atoms with Crippen LogP contribution in [-0.2, 0) is 0 Å². The molecular formula is C20H25N5O6. The molecule has 0 saturated carbocycles. The smallest absolute Gasteiger partial charge is 0.327 e. The number of hydrogen-bond donors (Lipinski definition) is 0. The second kappa shape index (κ2) is 9.02. The van der Waals surface area contributed by atoms with Crippen molar-refractivity contribution in [2.45, 2.75) is 13.8 Å². The number of hydrogen-bond acceptors (Lipinski definition) is 9. The number of aromatic nitrogens is 2. The fourth-order valence-electron chi connectivity index (χ4n) is 3.65. The normalized spacial score (nSPS) is 13.7. The molecule has 11 nitrogen and oxygen atoms in total. The summed E-state index contributed by atoms with van der Waals surface area (Å²) in [6.07, 6.45) is 0. The van der Waals surface area contributed by atoms with Crippen LogP contribution in [0.2, 0.25) is 0 Å². The average Bonchev–Trinajstić information content (AvgIpc) is 2.76. The quantitative estimate of drug-likeness (QED) is 0.499. The number of nitrogens with zero attached hydrogens (tertiary/aromatic N) is 5. The topological polar surface area (TPSA) is 120 Å². The summed E-state index contributed by atoms with van der Waals surface area (Å²) in [4.78, 5) is 36.8. The Morgan fingerprint density at radius 1 is 1.00 bits per heavy atom. The summed E-state index contributed by atoms with van der Waals surface area (Å²) in [7, 11) is 4.02. The Bertz CT molecular complexity index is 984. The molecule has 0 aliphatic carbocycles. The third kappa shape index (κ3) is 4.30. The summed E-state index contributed by atoms with van der Waals surface area (Å²) in [6, 6.07) is 3.22. The van der Waals surface area contributed by atoms with E-state index in [1.807, 2.05) is 19.9 Å². The van der Waals surface area contributed by atoms with Gasteiger partial charge < -0.3 is 24.0 Å². The number of ether oxygens (including phenoxy) is 3. The number of amides is 1. The monoisotopic (exact) mass is 431 g/mol. The molecule has 3 rings (SSSR count). The number of carbonyl (C=O) groups excluding carboxylic acids is 1. The Hall–Kier alpha value is -3.63. The summed E-state index contributed by atoms with van der Waals surface area (Å²) >= 11 is 0. The number of anilines is 1. The molecule has 1 saturated heterocycles. The van der Waals surface area contributed by atoms with Gasteiger partial charge >= 0.3 is 5.69 Å². The molecule has 0 N–H and O–H groups in total. The number of nitro groups is 1. The van der Waals surface area contributed by atoms with E-state index in [4.69, 9.17) is 14.2 Å². The van der Waals surface area contributed by atoms with E-state index >= 15 is 0 Å². The van der Waals surface area contributed by atoms with Crippen molar-refractivity contribution in [1.82, 2.24) is 14.9 Å². The number of nitro benzene ring substituents is 1. The van der Waals surface area contributed by atoms with Gasteiger partial charge in [0.05, 0.1) is 26.3 Å². The predicted octanol–water partition coefficient (Wildman–Crippen LogP) is 1.99. The fraction of sp³-hybridized carbons (Fsp3) is 0.450. The molecule has 31 heavy (non-hydrogen) atoms. The van der Waals surface area contributed by atoms with Crippen LogP contribution in [0.5, 0.6) is 17.2 Å². The molecule has 2 heterocycles. The number of piperazine rings is 1. The van der Waals surface area contributed by atoms with Crippen LogP contribution in [0.15, 0.2) is 12.1 Å². The van der Waals surface area contributed by atoms with E-state index < -0.39 is 16.5 Å². The van der Waals surface area contributed by atoms with Gasteiger partial charge in [-0.25, -0.2) is 9.97 Å². The zero-order chi connectivity index (χ0) is 22.7. The summed E-state index contributed by atoms with van der Waals surface area (Å²) in [5.74, 6) is 1.10. The van der Waals surface area contributed by atoms with E-state index in [0.717, 1.165) is 11.5 Å². The van der Waals surface area contributed by atoms with E-state index in [0.29, 0.717) is 32.0 Å². The van der Waals surface area contributed by atoms with Gasteiger partial charge in [0.25, 0.3) is 5.91 Å². The van der Waals surface area contributed by atoms with Crippen molar-refractivity contribution in [1.29, 1.82) is 0 Å². The lowest BCUT2D eigenvalue weighted by Gasteiger charge is -2.35. The van der Waals surface area contributed by atoms with E-state index in [9.17, 15) is 14.9 Å². The molecule has 1 amide bonds. The first-order chi connectivity index (χ1) is 14.8. The second-order valence-corrected chi connectivity index (χ2v) is 6.99. The predicted molar refractivity (Wildman–Crippen MR) is 112 cm³/mol. The van der Waals surface area contributed by atoms with Gasteiger partial charge in [-0.15, -0.1) is 0 Å². The zero-order valence-corrected chi connectivity index (χ0v) is 18.2. The number of benzene rings is 1. The average molecular weight is 431 g/mol. The molecule has 1 aromatic carbocycles.